The third-order valence-corrected chi connectivity index (χ3v) is 8.99. The van der Waals surface area contributed by atoms with E-state index in [0.29, 0.717) is 13.0 Å². The average molecular weight is 482 g/mol. The molecule has 5 rings (SSSR count). The van der Waals surface area contributed by atoms with E-state index in [4.69, 9.17) is 0 Å². The highest BCUT2D eigenvalue weighted by atomic mass is 32.2. The Balaban J connectivity index is 1.44. The van der Waals surface area contributed by atoms with Gasteiger partial charge in [0.25, 0.3) is 0 Å². The van der Waals surface area contributed by atoms with Gasteiger partial charge in [-0.15, -0.1) is 0 Å². The molecule has 2 saturated heterocycles. The number of hydrogen-bond acceptors (Lipinski definition) is 5. The highest BCUT2D eigenvalue weighted by Gasteiger charge is 2.50. The van der Waals surface area contributed by atoms with Gasteiger partial charge in [-0.1, -0.05) is 36.4 Å². The van der Waals surface area contributed by atoms with Crippen LogP contribution in [0.1, 0.15) is 24.3 Å². The quantitative estimate of drug-likeness (QED) is 0.604. The standard InChI is InChI=1S/C26H28FN3O3S/c27-22-5-1-2-6-25(22)34(32,33)29-15-3-4-16-30-23(17-29)26(24(30)18-31)21-9-7-19(8-10-21)20-11-13-28-14-12-20/h1-2,5-14,23-24,26,31H,3-4,15-18H2/t23-,24+,26+/m0/s1. The SMILES string of the molecule is O=S(=O)(c1ccccc1F)N1CCCCN2[C@H](CO)[C@H](c3ccc(-c4ccncc4)cc3)[C@@H]2C1. The highest BCUT2D eigenvalue weighted by Crippen LogP contribution is 2.43. The van der Waals surface area contributed by atoms with Gasteiger partial charge in [-0.05, 0) is 60.3 Å². The normalized spacial score (nSPS) is 24.0. The first-order valence-electron chi connectivity index (χ1n) is 11.6. The number of benzene rings is 2. The van der Waals surface area contributed by atoms with E-state index in [1.807, 2.05) is 12.1 Å². The fourth-order valence-corrected chi connectivity index (χ4v) is 6.92. The van der Waals surface area contributed by atoms with Gasteiger partial charge in [0.2, 0.25) is 10.0 Å². The van der Waals surface area contributed by atoms with Crippen LogP contribution in [0.3, 0.4) is 0 Å². The lowest BCUT2D eigenvalue weighted by atomic mass is 9.74. The number of aliphatic hydroxyl groups excluding tert-OH is 1. The van der Waals surface area contributed by atoms with E-state index in [9.17, 15) is 17.9 Å². The fraction of sp³-hybridized carbons (Fsp3) is 0.346. The van der Waals surface area contributed by atoms with Crippen molar-refractivity contribution >= 4 is 10.0 Å². The molecule has 0 radical (unpaired) electrons. The molecule has 0 unspecified atom stereocenters. The predicted molar refractivity (Wildman–Crippen MR) is 128 cm³/mol. The molecule has 3 aromatic rings. The van der Waals surface area contributed by atoms with Crippen molar-refractivity contribution in [2.45, 2.75) is 35.7 Å². The maximum atomic E-state index is 14.4. The Morgan fingerprint density at radius 3 is 2.32 bits per heavy atom. The molecule has 2 fully saturated rings. The smallest absolute Gasteiger partial charge is 0.246 e. The summed E-state index contributed by atoms with van der Waals surface area (Å²) in [6.07, 6.45) is 5.03. The fourth-order valence-electron chi connectivity index (χ4n) is 5.36. The molecular formula is C26H28FN3O3S. The summed E-state index contributed by atoms with van der Waals surface area (Å²) < 4.78 is 42.5. The number of aliphatic hydroxyl groups is 1. The van der Waals surface area contributed by atoms with Crippen molar-refractivity contribution in [3.05, 3.63) is 84.4 Å². The summed E-state index contributed by atoms with van der Waals surface area (Å²) in [4.78, 5) is 6.00. The van der Waals surface area contributed by atoms with Crippen LogP contribution in [0.4, 0.5) is 4.39 Å². The monoisotopic (exact) mass is 481 g/mol. The predicted octanol–water partition coefficient (Wildman–Crippen LogP) is 3.50. The number of sulfonamides is 1. The zero-order valence-electron chi connectivity index (χ0n) is 18.8. The number of halogens is 1. The van der Waals surface area contributed by atoms with Crippen molar-refractivity contribution in [1.29, 1.82) is 0 Å². The third kappa shape index (κ3) is 4.15. The molecule has 2 aliphatic rings. The summed E-state index contributed by atoms with van der Waals surface area (Å²) in [5, 5.41) is 10.2. The topological polar surface area (TPSA) is 73.7 Å². The van der Waals surface area contributed by atoms with E-state index < -0.39 is 15.8 Å². The molecule has 6 nitrogen and oxygen atoms in total. The second-order valence-corrected chi connectivity index (χ2v) is 10.8. The summed E-state index contributed by atoms with van der Waals surface area (Å²) in [6, 6.07) is 17.6. The lowest BCUT2D eigenvalue weighted by Gasteiger charge is -2.57. The van der Waals surface area contributed by atoms with Gasteiger partial charge in [0, 0.05) is 43.5 Å². The van der Waals surface area contributed by atoms with Crippen LogP contribution in [0.25, 0.3) is 11.1 Å². The zero-order chi connectivity index (χ0) is 23.7. The Hall–Kier alpha value is -2.65. The number of rotatable bonds is 5. The van der Waals surface area contributed by atoms with Gasteiger partial charge in [0.05, 0.1) is 6.61 Å². The largest absolute Gasteiger partial charge is 0.395 e. The molecule has 2 aromatic carbocycles. The van der Waals surface area contributed by atoms with Crippen molar-refractivity contribution in [2.75, 3.05) is 26.2 Å². The molecule has 0 saturated carbocycles. The Kier molecular flexibility index (Phi) is 6.48. The Labute approximate surface area is 199 Å². The van der Waals surface area contributed by atoms with Crippen LogP contribution in [0.15, 0.2) is 78.0 Å². The van der Waals surface area contributed by atoms with E-state index >= 15 is 0 Å². The van der Waals surface area contributed by atoms with Crippen LogP contribution in [-0.4, -0.2) is 66.0 Å². The molecule has 0 aliphatic carbocycles. The first kappa shape index (κ1) is 23.1. The van der Waals surface area contributed by atoms with Gasteiger partial charge in [-0.3, -0.25) is 9.88 Å². The average Bonchev–Trinajstić information content (AvgIpc) is 2.84. The molecule has 0 bridgehead atoms. The van der Waals surface area contributed by atoms with E-state index in [1.165, 1.54) is 22.5 Å². The summed E-state index contributed by atoms with van der Waals surface area (Å²) in [6.45, 7) is 1.45. The van der Waals surface area contributed by atoms with Crippen LogP contribution in [0.2, 0.25) is 0 Å². The zero-order valence-corrected chi connectivity index (χ0v) is 19.6. The lowest BCUT2D eigenvalue weighted by molar-refractivity contribution is -0.0554. The van der Waals surface area contributed by atoms with Gasteiger partial charge in [0.1, 0.15) is 10.7 Å². The minimum Gasteiger partial charge on any atom is -0.395 e. The molecule has 3 atom stereocenters. The second-order valence-electron chi connectivity index (χ2n) is 8.94. The van der Waals surface area contributed by atoms with E-state index in [-0.39, 0.29) is 36.0 Å². The Bertz CT molecular complexity index is 1240. The number of nitrogens with zero attached hydrogens (tertiary/aromatic N) is 3. The molecular weight excluding hydrogens is 453 g/mol. The van der Waals surface area contributed by atoms with Crippen LogP contribution in [0.5, 0.6) is 0 Å². The molecule has 3 heterocycles. The molecule has 1 N–H and O–H groups in total. The maximum Gasteiger partial charge on any atom is 0.246 e. The van der Waals surface area contributed by atoms with Gasteiger partial charge >= 0.3 is 0 Å². The van der Waals surface area contributed by atoms with Crippen LogP contribution in [0, 0.1) is 5.82 Å². The summed E-state index contributed by atoms with van der Waals surface area (Å²) in [5.41, 5.74) is 3.22. The van der Waals surface area contributed by atoms with E-state index in [1.54, 1.807) is 18.5 Å². The minimum atomic E-state index is -3.96. The van der Waals surface area contributed by atoms with Crippen molar-refractivity contribution in [1.82, 2.24) is 14.2 Å². The third-order valence-electron chi connectivity index (χ3n) is 7.10. The molecule has 2 aliphatic heterocycles. The molecule has 0 amide bonds. The molecule has 178 valence electrons. The second kappa shape index (κ2) is 9.54. The number of fused-ring (bicyclic) bond motifs is 1. The summed E-state index contributed by atoms with van der Waals surface area (Å²) in [5.74, 6) is -0.737. The van der Waals surface area contributed by atoms with Gasteiger partial charge < -0.3 is 5.11 Å². The van der Waals surface area contributed by atoms with Gasteiger partial charge in [0.15, 0.2) is 0 Å². The maximum absolute atomic E-state index is 14.4. The lowest BCUT2D eigenvalue weighted by Crippen LogP contribution is -2.67. The molecule has 34 heavy (non-hydrogen) atoms. The number of aromatic nitrogens is 1. The molecule has 1 aromatic heterocycles. The first-order valence-corrected chi connectivity index (χ1v) is 13.1. The Morgan fingerprint density at radius 1 is 0.941 bits per heavy atom. The van der Waals surface area contributed by atoms with Crippen molar-refractivity contribution < 1.29 is 17.9 Å². The van der Waals surface area contributed by atoms with Crippen LogP contribution in [-0.2, 0) is 10.0 Å². The minimum absolute atomic E-state index is 0.00656. The molecule has 0 spiro atoms. The van der Waals surface area contributed by atoms with Crippen molar-refractivity contribution in [3.63, 3.8) is 0 Å². The van der Waals surface area contributed by atoms with Crippen molar-refractivity contribution in [2.24, 2.45) is 0 Å². The summed E-state index contributed by atoms with van der Waals surface area (Å²) in [7, 11) is -3.96. The number of hydrogen-bond donors (Lipinski definition) is 1. The highest BCUT2D eigenvalue weighted by molar-refractivity contribution is 7.89. The van der Waals surface area contributed by atoms with Crippen molar-refractivity contribution in [3.8, 4) is 11.1 Å². The van der Waals surface area contributed by atoms with E-state index in [0.717, 1.165) is 29.7 Å². The van der Waals surface area contributed by atoms with Crippen LogP contribution >= 0.6 is 0 Å². The van der Waals surface area contributed by atoms with E-state index in [2.05, 4.69) is 34.1 Å². The number of pyridine rings is 1. The molecule has 8 heteroatoms. The summed E-state index contributed by atoms with van der Waals surface area (Å²) >= 11 is 0. The Morgan fingerprint density at radius 2 is 1.62 bits per heavy atom. The van der Waals surface area contributed by atoms with Gasteiger partial charge in [-0.25, -0.2) is 12.8 Å². The van der Waals surface area contributed by atoms with Crippen LogP contribution < -0.4 is 0 Å². The van der Waals surface area contributed by atoms with Gasteiger partial charge in [-0.2, -0.15) is 4.31 Å². The first-order chi connectivity index (χ1) is 16.5.